The zero-order chi connectivity index (χ0) is 29.6. The molecule has 0 radical (unpaired) electrons. The molecular formula is C32H25N3O7. The van der Waals surface area contributed by atoms with E-state index in [1.54, 1.807) is 60.7 Å². The number of hydrogen-bond donors (Lipinski definition) is 1. The Morgan fingerprint density at radius 1 is 0.762 bits per heavy atom. The minimum atomic E-state index is -0.842. The summed E-state index contributed by atoms with van der Waals surface area (Å²) >= 11 is 0. The maximum Gasteiger partial charge on any atom is 0.335 e. The third kappa shape index (κ3) is 6.50. The molecule has 5 rings (SSSR count). The van der Waals surface area contributed by atoms with Crippen molar-refractivity contribution in [1.29, 1.82) is 0 Å². The van der Waals surface area contributed by atoms with Gasteiger partial charge in [-0.2, -0.15) is 0 Å². The lowest BCUT2D eigenvalue weighted by Gasteiger charge is -2.26. The van der Waals surface area contributed by atoms with E-state index in [9.17, 15) is 24.5 Å². The van der Waals surface area contributed by atoms with Crippen molar-refractivity contribution in [3.8, 4) is 11.5 Å². The second-order valence-electron chi connectivity index (χ2n) is 9.51. The Bertz CT molecular complexity index is 1660. The molecule has 0 bridgehead atoms. The van der Waals surface area contributed by atoms with Crippen LogP contribution < -0.4 is 19.7 Å². The Hall–Kier alpha value is -5.77. The minimum absolute atomic E-state index is 0.00221. The molecule has 0 spiro atoms. The molecule has 0 aliphatic carbocycles. The SMILES string of the molecule is Cc1ccc(COc2ccc(N3C(=O)NC(=O)/C(=C\c4ccc(OCc5ccc([N+](=O)[O-])cc5)cc4)C3=O)cc2)cc1. The Balaban J connectivity index is 1.24. The molecule has 10 heteroatoms. The third-order valence-corrected chi connectivity index (χ3v) is 6.47. The summed E-state index contributed by atoms with van der Waals surface area (Å²) in [5.74, 6) is -0.461. The largest absolute Gasteiger partial charge is 0.489 e. The van der Waals surface area contributed by atoms with E-state index in [0.29, 0.717) is 23.7 Å². The van der Waals surface area contributed by atoms with Crippen LogP contribution in [0, 0.1) is 17.0 Å². The predicted molar refractivity (Wildman–Crippen MR) is 155 cm³/mol. The Morgan fingerprint density at radius 2 is 1.29 bits per heavy atom. The normalized spacial score (nSPS) is 14.1. The van der Waals surface area contributed by atoms with E-state index in [1.807, 2.05) is 31.2 Å². The minimum Gasteiger partial charge on any atom is -0.489 e. The van der Waals surface area contributed by atoms with Crippen LogP contribution in [-0.4, -0.2) is 22.8 Å². The number of ether oxygens (including phenoxy) is 2. The first-order valence-corrected chi connectivity index (χ1v) is 12.9. The fraction of sp³-hybridized carbons (Fsp3) is 0.0938. The summed E-state index contributed by atoms with van der Waals surface area (Å²) in [7, 11) is 0. The second-order valence-corrected chi connectivity index (χ2v) is 9.51. The molecule has 10 nitrogen and oxygen atoms in total. The van der Waals surface area contributed by atoms with Crippen LogP contribution in [0.15, 0.2) is 103 Å². The molecule has 4 amide bonds. The van der Waals surface area contributed by atoms with E-state index < -0.39 is 22.8 Å². The molecule has 1 aliphatic rings. The number of rotatable bonds is 9. The number of nitrogens with one attached hydrogen (secondary N) is 1. The van der Waals surface area contributed by atoms with Crippen molar-refractivity contribution in [3.63, 3.8) is 0 Å². The zero-order valence-electron chi connectivity index (χ0n) is 22.5. The summed E-state index contributed by atoms with van der Waals surface area (Å²) in [5.41, 5.74) is 3.55. The van der Waals surface area contributed by atoms with Crippen LogP contribution in [0.1, 0.15) is 22.3 Å². The van der Waals surface area contributed by atoms with Crippen molar-refractivity contribution in [2.45, 2.75) is 20.1 Å². The van der Waals surface area contributed by atoms with Crippen molar-refractivity contribution >= 4 is 35.3 Å². The predicted octanol–water partition coefficient (Wildman–Crippen LogP) is 5.73. The number of benzene rings is 4. The number of nitro benzene ring substituents is 1. The van der Waals surface area contributed by atoms with Gasteiger partial charge < -0.3 is 9.47 Å². The molecule has 1 saturated heterocycles. The summed E-state index contributed by atoms with van der Waals surface area (Å²) in [6.07, 6.45) is 1.40. The van der Waals surface area contributed by atoms with Gasteiger partial charge in [0.1, 0.15) is 30.3 Å². The number of aryl methyl sites for hydroxylation is 1. The lowest BCUT2D eigenvalue weighted by molar-refractivity contribution is -0.384. The van der Waals surface area contributed by atoms with Gasteiger partial charge in [-0.25, -0.2) is 9.69 Å². The number of nitrogens with zero attached hydrogens (tertiary/aromatic N) is 2. The molecule has 42 heavy (non-hydrogen) atoms. The van der Waals surface area contributed by atoms with Gasteiger partial charge in [0.2, 0.25) is 0 Å². The van der Waals surface area contributed by atoms with Gasteiger partial charge in [-0.15, -0.1) is 0 Å². The number of urea groups is 1. The number of anilines is 1. The van der Waals surface area contributed by atoms with Gasteiger partial charge in [0.15, 0.2) is 0 Å². The highest BCUT2D eigenvalue weighted by Crippen LogP contribution is 2.25. The first kappa shape index (κ1) is 27.8. The molecule has 1 aliphatic heterocycles. The van der Waals surface area contributed by atoms with Crippen molar-refractivity contribution in [1.82, 2.24) is 5.32 Å². The Morgan fingerprint density at radius 3 is 1.83 bits per heavy atom. The van der Waals surface area contributed by atoms with Gasteiger partial charge in [-0.05, 0) is 78.2 Å². The smallest absolute Gasteiger partial charge is 0.335 e. The highest BCUT2D eigenvalue weighted by Gasteiger charge is 2.36. The molecule has 210 valence electrons. The fourth-order valence-electron chi connectivity index (χ4n) is 4.14. The average Bonchev–Trinajstić information content (AvgIpc) is 2.99. The summed E-state index contributed by atoms with van der Waals surface area (Å²) in [6.45, 7) is 2.58. The Kier molecular flexibility index (Phi) is 8.05. The molecule has 0 saturated carbocycles. The Labute approximate surface area is 241 Å². The molecule has 1 fully saturated rings. The lowest BCUT2D eigenvalue weighted by Crippen LogP contribution is -2.54. The van der Waals surface area contributed by atoms with Gasteiger partial charge in [0, 0.05) is 12.1 Å². The standard InChI is InChI=1S/C32H25N3O7/c1-21-2-4-23(5-3-21)19-42-28-16-12-25(13-17-28)34-31(37)29(30(36)33-32(34)38)18-22-8-14-27(15-9-22)41-20-24-6-10-26(11-7-24)35(39)40/h2-18H,19-20H2,1H3,(H,33,36,38)/b29-18+. The molecule has 0 atom stereocenters. The maximum absolute atomic E-state index is 13.2. The number of non-ortho nitro benzene ring substituents is 1. The molecule has 1 heterocycles. The monoisotopic (exact) mass is 563 g/mol. The highest BCUT2D eigenvalue weighted by molar-refractivity contribution is 6.39. The lowest BCUT2D eigenvalue weighted by atomic mass is 10.1. The van der Waals surface area contributed by atoms with E-state index in [2.05, 4.69) is 5.32 Å². The van der Waals surface area contributed by atoms with Gasteiger partial charge >= 0.3 is 6.03 Å². The molecule has 0 aromatic heterocycles. The number of carbonyl (C=O) groups is 3. The number of amides is 4. The van der Waals surface area contributed by atoms with Crippen LogP contribution in [-0.2, 0) is 22.8 Å². The van der Waals surface area contributed by atoms with Crippen LogP contribution in [0.25, 0.3) is 6.08 Å². The van der Waals surface area contributed by atoms with Crippen LogP contribution in [0.5, 0.6) is 11.5 Å². The van der Waals surface area contributed by atoms with Crippen molar-refractivity contribution in [2.24, 2.45) is 0 Å². The quantitative estimate of drug-likeness (QED) is 0.119. The van der Waals surface area contributed by atoms with Crippen LogP contribution in [0.4, 0.5) is 16.2 Å². The van der Waals surface area contributed by atoms with Crippen LogP contribution >= 0.6 is 0 Å². The maximum atomic E-state index is 13.2. The van der Waals surface area contributed by atoms with E-state index >= 15 is 0 Å². The van der Waals surface area contributed by atoms with Gasteiger partial charge in [0.25, 0.3) is 17.5 Å². The summed E-state index contributed by atoms with van der Waals surface area (Å²) in [5, 5.41) is 13.0. The number of imide groups is 2. The molecule has 1 N–H and O–H groups in total. The van der Waals surface area contributed by atoms with E-state index in [0.717, 1.165) is 21.6 Å². The molecular weight excluding hydrogens is 538 g/mol. The van der Waals surface area contributed by atoms with Crippen LogP contribution in [0.3, 0.4) is 0 Å². The van der Waals surface area contributed by atoms with Crippen molar-refractivity contribution < 1.29 is 28.8 Å². The van der Waals surface area contributed by atoms with Gasteiger partial charge in [-0.3, -0.25) is 25.0 Å². The number of carbonyl (C=O) groups excluding carboxylic acids is 3. The third-order valence-electron chi connectivity index (χ3n) is 6.47. The summed E-state index contributed by atoms with van der Waals surface area (Å²) in [4.78, 5) is 49.6. The first-order chi connectivity index (χ1) is 20.3. The fourth-order valence-corrected chi connectivity index (χ4v) is 4.14. The number of nitro groups is 1. The first-order valence-electron chi connectivity index (χ1n) is 12.9. The van der Waals surface area contributed by atoms with E-state index in [4.69, 9.17) is 9.47 Å². The highest BCUT2D eigenvalue weighted by atomic mass is 16.6. The van der Waals surface area contributed by atoms with Gasteiger partial charge in [0.05, 0.1) is 10.6 Å². The van der Waals surface area contributed by atoms with E-state index in [1.165, 1.54) is 18.2 Å². The van der Waals surface area contributed by atoms with Crippen molar-refractivity contribution in [3.05, 3.63) is 135 Å². The summed E-state index contributed by atoms with van der Waals surface area (Å²) < 4.78 is 11.5. The van der Waals surface area contributed by atoms with Gasteiger partial charge in [-0.1, -0.05) is 42.0 Å². The van der Waals surface area contributed by atoms with Crippen molar-refractivity contribution in [2.75, 3.05) is 4.90 Å². The average molecular weight is 564 g/mol. The number of hydrogen-bond acceptors (Lipinski definition) is 7. The molecule has 4 aromatic rings. The zero-order valence-corrected chi connectivity index (χ0v) is 22.5. The topological polar surface area (TPSA) is 128 Å². The summed E-state index contributed by atoms with van der Waals surface area (Å²) in [6, 6.07) is 26.3. The number of barbiturate groups is 1. The van der Waals surface area contributed by atoms with E-state index in [-0.39, 0.29) is 23.6 Å². The molecule has 4 aromatic carbocycles. The second kappa shape index (κ2) is 12.2. The molecule has 0 unspecified atom stereocenters. The van der Waals surface area contributed by atoms with Crippen LogP contribution in [0.2, 0.25) is 0 Å².